The average Bonchev–Trinajstić information content (AvgIpc) is 2.77. The van der Waals surface area contributed by atoms with Crippen LogP contribution in [0, 0.1) is 0 Å². The SMILES string of the molecule is CCCCCCCCC/C=C/CC/C=C/C(O)C(CO)NC(=O)CCCCCCCC. The van der Waals surface area contributed by atoms with Crippen LogP contribution in [-0.2, 0) is 4.79 Å². The molecule has 0 saturated heterocycles. The van der Waals surface area contributed by atoms with Crippen molar-refractivity contribution >= 4 is 5.91 Å². The van der Waals surface area contributed by atoms with Crippen molar-refractivity contribution in [3.8, 4) is 0 Å². The van der Waals surface area contributed by atoms with E-state index in [-0.39, 0.29) is 12.5 Å². The summed E-state index contributed by atoms with van der Waals surface area (Å²) in [5.41, 5.74) is 0. The van der Waals surface area contributed by atoms with E-state index in [1.807, 2.05) is 6.08 Å². The van der Waals surface area contributed by atoms with E-state index in [1.165, 1.54) is 70.6 Å². The molecular weight excluding hydrogens is 386 g/mol. The van der Waals surface area contributed by atoms with Crippen molar-refractivity contribution in [2.75, 3.05) is 6.61 Å². The summed E-state index contributed by atoms with van der Waals surface area (Å²) in [6.45, 7) is 4.19. The molecular formula is C27H51NO3. The lowest BCUT2D eigenvalue weighted by atomic mass is 10.1. The lowest BCUT2D eigenvalue weighted by Crippen LogP contribution is -2.45. The Balaban J connectivity index is 3.80. The minimum atomic E-state index is -0.852. The fraction of sp³-hybridized carbons (Fsp3) is 0.815. The van der Waals surface area contributed by atoms with E-state index in [0.29, 0.717) is 6.42 Å². The van der Waals surface area contributed by atoms with E-state index in [1.54, 1.807) is 6.08 Å². The molecule has 0 aliphatic heterocycles. The fourth-order valence-electron chi connectivity index (χ4n) is 3.60. The number of amides is 1. The molecule has 4 nitrogen and oxygen atoms in total. The van der Waals surface area contributed by atoms with Gasteiger partial charge in [0, 0.05) is 6.42 Å². The summed E-state index contributed by atoms with van der Waals surface area (Å²) in [5, 5.41) is 22.5. The number of allylic oxidation sites excluding steroid dienone is 3. The topological polar surface area (TPSA) is 69.6 Å². The third kappa shape index (κ3) is 20.5. The molecule has 3 N–H and O–H groups in total. The van der Waals surface area contributed by atoms with E-state index in [9.17, 15) is 15.0 Å². The summed E-state index contributed by atoms with van der Waals surface area (Å²) < 4.78 is 0. The van der Waals surface area contributed by atoms with Gasteiger partial charge in [0.1, 0.15) is 0 Å². The van der Waals surface area contributed by atoms with Gasteiger partial charge in [0.15, 0.2) is 0 Å². The van der Waals surface area contributed by atoms with Gasteiger partial charge in [-0.15, -0.1) is 0 Å². The Morgan fingerprint density at radius 2 is 1.26 bits per heavy atom. The lowest BCUT2D eigenvalue weighted by Gasteiger charge is -2.19. The number of hydrogen-bond donors (Lipinski definition) is 3. The number of rotatable bonds is 22. The molecule has 2 unspecified atom stereocenters. The van der Waals surface area contributed by atoms with Gasteiger partial charge in [0.05, 0.1) is 18.8 Å². The smallest absolute Gasteiger partial charge is 0.220 e. The lowest BCUT2D eigenvalue weighted by molar-refractivity contribution is -0.123. The number of nitrogens with one attached hydrogen (secondary N) is 1. The normalized spacial score (nSPS) is 13.8. The van der Waals surface area contributed by atoms with Crippen molar-refractivity contribution in [3.63, 3.8) is 0 Å². The van der Waals surface area contributed by atoms with Crippen LogP contribution in [0.2, 0.25) is 0 Å². The van der Waals surface area contributed by atoms with Gasteiger partial charge >= 0.3 is 0 Å². The van der Waals surface area contributed by atoms with Gasteiger partial charge in [-0.05, 0) is 32.1 Å². The Kier molecular flexibility index (Phi) is 22.7. The standard InChI is InChI=1S/C27H51NO3/c1-3-5-7-9-11-12-13-14-15-16-17-18-20-22-26(30)25(24-29)28-27(31)23-21-19-10-8-6-4-2/h15-16,20,22,25-26,29-30H,3-14,17-19,21,23-24H2,1-2H3,(H,28,31)/b16-15+,22-20+. The number of aliphatic hydroxyl groups excluding tert-OH is 2. The molecule has 0 spiro atoms. The number of carbonyl (C=O) groups is 1. The van der Waals surface area contributed by atoms with Crippen molar-refractivity contribution in [3.05, 3.63) is 24.3 Å². The number of hydrogen-bond acceptors (Lipinski definition) is 3. The zero-order chi connectivity index (χ0) is 23.0. The van der Waals surface area contributed by atoms with Crippen LogP contribution >= 0.6 is 0 Å². The van der Waals surface area contributed by atoms with Gasteiger partial charge in [0.25, 0.3) is 0 Å². The third-order valence-electron chi connectivity index (χ3n) is 5.69. The van der Waals surface area contributed by atoms with Gasteiger partial charge < -0.3 is 15.5 Å². The van der Waals surface area contributed by atoms with E-state index in [2.05, 4.69) is 31.3 Å². The van der Waals surface area contributed by atoms with Crippen molar-refractivity contribution in [1.29, 1.82) is 0 Å². The minimum absolute atomic E-state index is 0.0877. The van der Waals surface area contributed by atoms with Gasteiger partial charge in [-0.3, -0.25) is 4.79 Å². The molecule has 0 aliphatic carbocycles. The van der Waals surface area contributed by atoms with Crippen LogP contribution < -0.4 is 5.32 Å². The Morgan fingerprint density at radius 1 is 0.742 bits per heavy atom. The molecule has 0 fully saturated rings. The van der Waals surface area contributed by atoms with E-state index in [4.69, 9.17) is 0 Å². The molecule has 0 aromatic carbocycles. The number of aliphatic hydroxyl groups is 2. The van der Waals surface area contributed by atoms with E-state index >= 15 is 0 Å². The molecule has 1 amide bonds. The van der Waals surface area contributed by atoms with Gasteiger partial charge in [0.2, 0.25) is 5.91 Å². The minimum Gasteiger partial charge on any atom is -0.394 e. The summed E-state index contributed by atoms with van der Waals surface area (Å²) in [7, 11) is 0. The Morgan fingerprint density at radius 3 is 1.87 bits per heavy atom. The molecule has 0 aliphatic rings. The van der Waals surface area contributed by atoms with E-state index in [0.717, 1.165) is 32.1 Å². The zero-order valence-electron chi connectivity index (χ0n) is 20.5. The van der Waals surface area contributed by atoms with E-state index < -0.39 is 12.1 Å². The number of unbranched alkanes of at least 4 members (excludes halogenated alkanes) is 13. The van der Waals surface area contributed by atoms with Crippen molar-refractivity contribution in [2.45, 2.75) is 135 Å². The molecule has 0 radical (unpaired) electrons. The maximum absolute atomic E-state index is 12.0. The predicted molar refractivity (Wildman–Crippen MR) is 133 cm³/mol. The predicted octanol–water partition coefficient (Wildman–Crippen LogP) is 6.61. The first-order chi connectivity index (χ1) is 15.2. The van der Waals surface area contributed by atoms with Crippen molar-refractivity contribution in [2.24, 2.45) is 0 Å². The van der Waals surface area contributed by atoms with Crippen LogP contribution in [0.15, 0.2) is 24.3 Å². The Labute approximate surface area is 192 Å². The van der Waals surface area contributed by atoms with Crippen LogP contribution in [0.1, 0.15) is 123 Å². The summed E-state index contributed by atoms with van der Waals surface area (Å²) >= 11 is 0. The number of carbonyl (C=O) groups excluding carboxylic acids is 1. The van der Waals surface area contributed by atoms with Crippen LogP contribution in [-0.4, -0.2) is 34.9 Å². The maximum atomic E-state index is 12.0. The maximum Gasteiger partial charge on any atom is 0.220 e. The second kappa shape index (κ2) is 23.5. The molecule has 0 aromatic rings. The summed E-state index contributed by atoms with van der Waals surface area (Å²) in [6, 6.07) is -0.628. The average molecular weight is 438 g/mol. The second-order valence-corrected chi connectivity index (χ2v) is 8.75. The second-order valence-electron chi connectivity index (χ2n) is 8.75. The van der Waals surface area contributed by atoms with Crippen LogP contribution in [0.3, 0.4) is 0 Å². The molecule has 4 heteroatoms. The molecule has 0 aromatic heterocycles. The molecule has 0 bridgehead atoms. The molecule has 2 atom stereocenters. The first-order valence-corrected chi connectivity index (χ1v) is 13.1. The molecule has 0 heterocycles. The molecule has 182 valence electrons. The van der Waals surface area contributed by atoms with Gasteiger partial charge in [-0.25, -0.2) is 0 Å². The van der Waals surface area contributed by atoms with Crippen LogP contribution in [0.4, 0.5) is 0 Å². The Bertz CT molecular complexity index is 448. The largest absolute Gasteiger partial charge is 0.394 e. The third-order valence-corrected chi connectivity index (χ3v) is 5.69. The highest BCUT2D eigenvalue weighted by atomic mass is 16.3. The zero-order valence-corrected chi connectivity index (χ0v) is 20.5. The molecule has 0 saturated carbocycles. The quantitative estimate of drug-likeness (QED) is 0.132. The first-order valence-electron chi connectivity index (χ1n) is 13.1. The van der Waals surface area contributed by atoms with Crippen LogP contribution in [0.5, 0.6) is 0 Å². The highest BCUT2D eigenvalue weighted by molar-refractivity contribution is 5.76. The van der Waals surface area contributed by atoms with Crippen molar-refractivity contribution < 1.29 is 15.0 Å². The highest BCUT2D eigenvalue weighted by Crippen LogP contribution is 2.09. The summed E-state index contributed by atoms with van der Waals surface area (Å²) in [5.74, 6) is -0.0877. The molecule has 31 heavy (non-hydrogen) atoms. The summed E-state index contributed by atoms with van der Waals surface area (Å²) in [4.78, 5) is 12.0. The fourth-order valence-corrected chi connectivity index (χ4v) is 3.60. The van der Waals surface area contributed by atoms with Crippen LogP contribution in [0.25, 0.3) is 0 Å². The monoisotopic (exact) mass is 437 g/mol. The molecule has 0 rings (SSSR count). The van der Waals surface area contributed by atoms with Gasteiger partial charge in [-0.2, -0.15) is 0 Å². The first kappa shape index (κ1) is 29.9. The highest BCUT2D eigenvalue weighted by Gasteiger charge is 2.17. The summed E-state index contributed by atoms with van der Waals surface area (Å²) in [6.07, 6.45) is 26.9. The van der Waals surface area contributed by atoms with Crippen molar-refractivity contribution in [1.82, 2.24) is 5.32 Å². The van der Waals surface area contributed by atoms with Gasteiger partial charge in [-0.1, -0.05) is 109 Å². The Hall–Kier alpha value is -1.13.